The van der Waals surface area contributed by atoms with Gasteiger partial charge in [-0.05, 0) is 18.9 Å². The van der Waals surface area contributed by atoms with Crippen LogP contribution in [0.3, 0.4) is 0 Å². The van der Waals surface area contributed by atoms with Gasteiger partial charge in [0.05, 0.1) is 23.7 Å². The summed E-state index contributed by atoms with van der Waals surface area (Å²) >= 11 is 0. The first-order valence-electron chi connectivity index (χ1n) is 11.0. The number of amides is 1. The maximum atomic E-state index is 14.6. The van der Waals surface area contributed by atoms with E-state index in [0.717, 1.165) is 4.90 Å². The van der Waals surface area contributed by atoms with Crippen molar-refractivity contribution in [2.24, 2.45) is 5.92 Å². The first-order chi connectivity index (χ1) is 17.0. The van der Waals surface area contributed by atoms with Crippen molar-refractivity contribution in [1.82, 2.24) is 34.6 Å². The average molecular weight is 511 g/mol. The van der Waals surface area contributed by atoms with Crippen molar-refractivity contribution in [1.29, 1.82) is 0 Å². The highest BCUT2D eigenvalue weighted by Crippen LogP contribution is 2.36. The zero-order valence-corrected chi connectivity index (χ0v) is 19.3. The van der Waals surface area contributed by atoms with Gasteiger partial charge in [0, 0.05) is 43.9 Å². The molecule has 0 N–H and O–H groups in total. The third kappa shape index (κ3) is 5.41. The standard InChI is InChI=1S/C22H22F5N7O2/c1-3-33-10-15(18-28-5-4-6-29-18)17(32-33)19(35)34-12-21(23,24)7-13(2)16(34)11-36-20-30-8-14(9-31-20)22(25,26)27/h4-6,8-10,13,16H,3,7,11-12H2,1-2H3/t13-,16?/m1/s1. The number of aromatic nitrogens is 6. The molecule has 9 nitrogen and oxygen atoms in total. The fraction of sp³-hybridized carbons (Fsp3) is 0.455. The van der Waals surface area contributed by atoms with Crippen molar-refractivity contribution in [3.8, 4) is 17.4 Å². The first kappa shape index (κ1) is 25.4. The van der Waals surface area contributed by atoms with Crippen LogP contribution < -0.4 is 4.74 Å². The van der Waals surface area contributed by atoms with E-state index in [1.54, 1.807) is 26.1 Å². The van der Waals surface area contributed by atoms with E-state index in [1.807, 2.05) is 0 Å². The minimum atomic E-state index is -4.62. The highest BCUT2D eigenvalue weighted by molar-refractivity contribution is 5.98. The van der Waals surface area contributed by atoms with E-state index in [-0.39, 0.29) is 29.7 Å². The van der Waals surface area contributed by atoms with E-state index in [4.69, 9.17) is 4.74 Å². The molecule has 3 aromatic rings. The Morgan fingerprint density at radius 2 is 1.83 bits per heavy atom. The number of alkyl halides is 5. The van der Waals surface area contributed by atoms with Gasteiger partial charge in [0.15, 0.2) is 11.5 Å². The molecule has 1 aliphatic heterocycles. The Morgan fingerprint density at radius 3 is 2.44 bits per heavy atom. The van der Waals surface area contributed by atoms with Crippen LogP contribution in [-0.4, -0.2) is 65.6 Å². The molecule has 4 heterocycles. The summed E-state index contributed by atoms with van der Waals surface area (Å²) in [5, 5.41) is 4.27. The number of aryl methyl sites for hydroxylation is 1. The van der Waals surface area contributed by atoms with E-state index < -0.39 is 48.5 Å². The molecular formula is C22H22F5N7O2. The van der Waals surface area contributed by atoms with Crippen molar-refractivity contribution in [2.45, 2.75) is 45.0 Å². The molecule has 0 saturated carbocycles. The van der Waals surface area contributed by atoms with Gasteiger partial charge in [-0.1, -0.05) is 6.92 Å². The molecule has 0 aliphatic carbocycles. The van der Waals surface area contributed by atoms with Crippen LogP contribution in [0.25, 0.3) is 11.4 Å². The summed E-state index contributed by atoms with van der Waals surface area (Å²) in [7, 11) is 0. The fourth-order valence-electron chi connectivity index (χ4n) is 4.00. The largest absolute Gasteiger partial charge is 0.461 e. The summed E-state index contributed by atoms with van der Waals surface area (Å²) in [6.07, 6.45) is 0.537. The monoisotopic (exact) mass is 511 g/mol. The average Bonchev–Trinajstić information content (AvgIpc) is 3.27. The lowest BCUT2D eigenvalue weighted by Gasteiger charge is -2.42. The predicted octanol–water partition coefficient (Wildman–Crippen LogP) is 3.73. The Hall–Kier alpha value is -3.71. The molecule has 192 valence electrons. The SMILES string of the molecule is CCn1cc(-c2ncccn2)c(C(=O)N2CC(F)(F)C[C@@H](C)C2COc2ncc(C(F)(F)F)cn2)n1. The lowest BCUT2D eigenvalue weighted by molar-refractivity contribution is -0.138. The normalized spacial score (nSPS) is 19.8. The minimum Gasteiger partial charge on any atom is -0.461 e. The Kier molecular flexibility index (Phi) is 6.87. The second-order valence-corrected chi connectivity index (χ2v) is 8.42. The Balaban J connectivity index is 1.61. The number of hydrogen-bond acceptors (Lipinski definition) is 7. The van der Waals surface area contributed by atoms with Gasteiger partial charge in [0.25, 0.3) is 11.8 Å². The van der Waals surface area contributed by atoms with Gasteiger partial charge in [-0.25, -0.2) is 28.7 Å². The van der Waals surface area contributed by atoms with Crippen LogP contribution in [0.5, 0.6) is 6.01 Å². The zero-order chi connectivity index (χ0) is 26.1. The third-order valence-electron chi connectivity index (χ3n) is 5.77. The number of halogens is 5. The molecule has 2 atom stereocenters. The highest BCUT2D eigenvalue weighted by atomic mass is 19.4. The molecule has 0 bridgehead atoms. The molecule has 1 aliphatic rings. The topological polar surface area (TPSA) is 98.9 Å². The lowest BCUT2D eigenvalue weighted by Crippen LogP contribution is -2.57. The zero-order valence-electron chi connectivity index (χ0n) is 19.3. The molecule has 4 rings (SSSR count). The highest BCUT2D eigenvalue weighted by Gasteiger charge is 2.47. The molecule has 1 saturated heterocycles. The van der Waals surface area contributed by atoms with Gasteiger partial charge < -0.3 is 9.64 Å². The molecule has 1 amide bonds. The van der Waals surface area contributed by atoms with Crippen molar-refractivity contribution in [3.63, 3.8) is 0 Å². The van der Waals surface area contributed by atoms with Crippen molar-refractivity contribution in [2.75, 3.05) is 13.2 Å². The van der Waals surface area contributed by atoms with Crippen LogP contribution in [0.4, 0.5) is 22.0 Å². The number of rotatable bonds is 6. The van der Waals surface area contributed by atoms with Crippen LogP contribution >= 0.6 is 0 Å². The van der Waals surface area contributed by atoms with Gasteiger partial charge >= 0.3 is 12.2 Å². The summed E-state index contributed by atoms with van der Waals surface area (Å²) in [6, 6.07) is 0.381. The molecule has 0 spiro atoms. The smallest absolute Gasteiger partial charge is 0.419 e. The maximum Gasteiger partial charge on any atom is 0.419 e. The van der Waals surface area contributed by atoms with E-state index >= 15 is 0 Å². The lowest BCUT2D eigenvalue weighted by atomic mass is 9.88. The number of likely N-dealkylation sites (tertiary alicyclic amines) is 1. The fourth-order valence-corrected chi connectivity index (χ4v) is 4.00. The third-order valence-corrected chi connectivity index (χ3v) is 5.77. The number of hydrogen-bond donors (Lipinski definition) is 0. The second kappa shape index (κ2) is 9.74. The van der Waals surface area contributed by atoms with Gasteiger partial charge in [-0.2, -0.15) is 18.3 Å². The molecule has 0 radical (unpaired) electrons. The number of nitrogens with zero attached hydrogens (tertiary/aromatic N) is 7. The quantitative estimate of drug-likeness (QED) is 0.465. The van der Waals surface area contributed by atoms with Gasteiger partial charge in [0.2, 0.25) is 0 Å². The maximum absolute atomic E-state index is 14.6. The van der Waals surface area contributed by atoms with Crippen LogP contribution in [0.2, 0.25) is 0 Å². The van der Waals surface area contributed by atoms with Gasteiger partial charge in [-0.3, -0.25) is 9.48 Å². The number of carbonyl (C=O) groups is 1. The summed E-state index contributed by atoms with van der Waals surface area (Å²) in [6.45, 7) is 2.57. The molecular weight excluding hydrogens is 489 g/mol. The van der Waals surface area contributed by atoms with Crippen molar-refractivity contribution < 1.29 is 31.5 Å². The van der Waals surface area contributed by atoms with E-state index in [2.05, 4.69) is 25.0 Å². The van der Waals surface area contributed by atoms with Gasteiger partial charge in [-0.15, -0.1) is 0 Å². The molecule has 1 unspecified atom stereocenters. The van der Waals surface area contributed by atoms with E-state index in [0.29, 0.717) is 18.9 Å². The van der Waals surface area contributed by atoms with Crippen LogP contribution in [0.1, 0.15) is 36.3 Å². The van der Waals surface area contributed by atoms with Crippen LogP contribution in [-0.2, 0) is 12.7 Å². The van der Waals surface area contributed by atoms with Gasteiger partial charge in [0.1, 0.15) is 6.61 Å². The second-order valence-electron chi connectivity index (χ2n) is 8.42. The van der Waals surface area contributed by atoms with Crippen LogP contribution in [0.15, 0.2) is 37.1 Å². The molecule has 3 aromatic heterocycles. The summed E-state index contributed by atoms with van der Waals surface area (Å²) in [5.74, 6) is -4.43. The first-order valence-corrected chi connectivity index (χ1v) is 11.0. The predicted molar refractivity (Wildman–Crippen MR) is 115 cm³/mol. The number of carbonyl (C=O) groups excluding carboxylic acids is 1. The van der Waals surface area contributed by atoms with Crippen molar-refractivity contribution in [3.05, 3.63) is 48.3 Å². The van der Waals surface area contributed by atoms with Crippen molar-refractivity contribution >= 4 is 5.91 Å². The van der Waals surface area contributed by atoms with E-state index in [1.165, 1.54) is 17.1 Å². The summed E-state index contributed by atoms with van der Waals surface area (Å²) in [5.41, 5.74) is -0.863. The Bertz CT molecular complexity index is 1200. The Labute approximate surface area is 202 Å². The van der Waals surface area contributed by atoms with Crippen LogP contribution in [0, 0.1) is 5.92 Å². The molecule has 1 fully saturated rings. The molecule has 36 heavy (non-hydrogen) atoms. The summed E-state index contributed by atoms with van der Waals surface area (Å²) < 4.78 is 74.3. The number of ether oxygens (including phenoxy) is 1. The number of piperidine rings is 1. The van der Waals surface area contributed by atoms with E-state index in [9.17, 15) is 26.7 Å². The summed E-state index contributed by atoms with van der Waals surface area (Å²) in [4.78, 5) is 29.9. The Morgan fingerprint density at radius 1 is 1.17 bits per heavy atom. The molecule has 0 aromatic carbocycles. The minimum absolute atomic E-state index is 0.0938. The molecule has 14 heteroatoms.